The molecule has 2 nitrogen and oxygen atoms in total. The Kier molecular flexibility index (Phi) is 4.45. The maximum absolute atomic E-state index is 5.91. The topological polar surface area (TPSA) is 35.2 Å². The van der Waals surface area contributed by atoms with E-state index in [-0.39, 0.29) is 6.10 Å². The van der Waals surface area contributed by atoms with E-state index in [1.54, 1.807) is 0 Å². The maximum atomic E-state index is 5.91. The van der Waals surface area contributed by atoms with Gasteiger partial charge in [0.2, 0.25) is 0 Å². The number of halogens is 2. The Bertz CT molecular complexity index is 503. The quantitative estimate of drug-likeness (QED) is 0.908. The number of para-hydroxylation sites is 1. The van der Waals surface area contributed by atoms with Crippen molar-refractivity contribution in [2.45, 2.75) is 6.10 Å². The standard InChI is InChI=1S/C12H11BrClNOS/c13-8-3-1-2-4-9(8)16-10(7-15)11-5-6-12(14)17-11/h1-6,10H,7,15H2. The van der Waals surface area contributed by atoms with E-state index < -0.39 is 0 Å². The largest absolute Gasteiger partial charge is 0.482 e. The average Bonchev–Trinajstić information content (AvgIpc) is 2.75. The van der Waals surface area contributed by atoms with Crippen LogP contribution in [0.3, 0.4) is 0 Å². The summed E-state index contributed by atoms with van der Waals surface area (Å²) in [5, 5.41) is 0. The first-order chi connectivity index (χ1) is 8.20. The van der Waals surface area contributed by atoms with E-state index in [0.717, 1.165) is 19.4 Å². The summed E-state index contributed by atoms with van der Waals surface area (Å²) >= 11 is 10.8. The molecule has 5 heteroatoms. The van der Waals surface area contributed by atoms with Gasteiger partial charge in [-0.1, -0.05) is 23.7 Å². The third-order valence-electron chi connectivity index (χ3n) is 2.23. The molecule has 2 rings (SSSR count). The Labute approximate surface area is 117 Å². The Morgan fingerprint density at radius 3 is 2.65 bits per heavy atom. The zero-order chi connectivity index (χ0) is 12.3. The van der Waals surface area contributed by atoms with Gasteiger partial charge in [-0.15, -0.1) is 11.3 Å². The summed E-state index contributed by atoms with van der Waals surface area (Å²) in [6.07, 6.45) is -0.161. The van der Waals surface area contributed by atoms with Gasteiger partial charge in [-0.05, 0) is 40.2 Å². The molecular weight excluding hydrogens is 322 g/mol. The van der Waals surface area contributed by atoms with Crippen LogP contribution < -0.4 is 10.5 Å². The molecule has 0 aliphatic rings. The van der Waals surface area contributed by atoms with Crippen molar-refractivity contribution in [1.29, 1.82) is 0 Å². The predicted molar refractivity (Wildman–Crippen MR) is 75.9 cm³/mol. The lowest BCUT2D eigenvalue weighted by atomic mass is 10.3. The molecule has 0 saturated heterocycles. The third-order valence-corrected chi connectivity index (χ3v) is 4.21. The first kappa shape index (κ1) is 12.9. The summed E-state index contributed by atoms with van der Waals surface area (Å²) in [5.74, 6) is 0.785. The fraction of sp³-hybridized carbons (Fsp3) is 0.167. The maximum Gasteiger partial charge on any atom is 0.145 e. The second-order valence-electron chi connectivity index (χ2n) is 3.41. The van der Waals surface area contributed by atoms with Crippen LogP contribution in [0.2, 0.25) is 4.34 Å². The molecule has 2 aromatic rings. The highest BCUT2D eigenvalue weighted by Crippen LogP contribution is 2.32. The number of hydrogen-bond acceptors (Lipinski definition) is 3. The summed E-state index contributed by atoms with van der Waals surface area (Å²) in [6.45, 7) is 0.415. The van der Waals surface area contributed by atoms with Crippen molar-refractivity contribution in [3.05, 3.63) is 50.1 Å². The predicted octanol–water partition coefficient (Wildman–Crippen LogP) is 4.24. The first-order valence-corrected chi connectivity index (χ1v) is 7.06. The molecule has 2 N–H and O–H groups in total. The Morgan fingerprint density at radius 2 is 2.06 bits per heavy atom. The molecule has 90 valence electrons. The van der Waals surface area contributed by atoms with Crippen molar-refractivity contribution in [3.63, 3.8) is 0 Å². The number of rotatable bonds is 4. The normalized spacial score (nSPS) is 12.4. The van der Waals surface area contributed by atoms with Crippen LogP contribution in [0.4, 0.5) is 0 Å². The molecule has 0 saturated carbocycles. The van der Waals surface area contributed by atoms with E-state index in [1.165, 1.54) is 11.3 Å². The lowest BCUT2D eigenvalue weighted by Gasteiger charge is -2.16. The second-order valence-corrected chi connectivity index (χ2v) is 6.02. The van der Waals surface area contributed by atoms with Gasteiger partial charge >= 0.3 is 0 Å². The lowest BCUT2D eigenvalue weighted by Crippen LogP contribution is -2.17. The lowest BCUT2D eigenvalue weighted by molar-refractivity contribution is 0.216. The van der Waals surface area contributed by atoms with Crippen molar-refractivity contribution in [3.8, 4) is 5.75 Å². The summed E-state index contributed by atoms with van der Waals surface area (Å²) in [7, 11) is 0. The van der Waals surface area contributed by atoms with Gasteiger partial charge in [0.1, 0.15) is 11.9 Å². The highest BCUT2D eigenvalue weighted by molar-refractivity contribution is 9.10. The second kappa shape index (κ2) is 5.87. The van der Waals surface area contributed by atoms with Gasteiger partial charge in [0.15, 0.2) is 0 Å². The van der Waals surface area contributed by atoms with Crippen molar-refractivity contribution in [1.82, 2.24) is 0 Å². The number of nitrogens with two attached hydrogens (primary N) is 1. The highest BCUT2D eigenvalue weighted by Gasteiger charge is 2.15. The zero-order valence-corrected chi connectivity index (χ0v) is 12.1. The number of thiophene rings is 1. The summed E-state index contributed by atoms with van der Waals surface area (Å²) < 4.78 is 7.54. The Hall–Kier alpha value is -0.550. The minimum atomic E-state index is -0.161. The molecule has 0 aliphatic heterocycles. The molecule has 0 bridgehead atoms. The first-order valence-electron chi connectivity index (χ1n) is 5.07. The van der Waals surface area contributed by atoms with E-state index in [0.29, 0.717) is 6.54 Å². The van der Waals surface area contributed by atoms with E-state index in [4.69, 9.17) is 22.1 Å². The van der Waals surface area contributed by atoms with Crippen LogP contribution in [0.25, 0.3) is 0 Å². The molecule has 1 atom stereocenters. The fourth-order valence-electron chi connectivity index (χ4n) is 1.42. The van der Waals surface area contributed by atoms with Crippen LogP contribution in [0.5, 0.6) is 5.75 Å². The van der Waals surface area contributed by atoms with Crippen LogP contribution in [-0.4, -0.2) is 6.54 Å². The summed E-state index contributed by atoms with van der Waals surface area (Å²) in [4.78, 5) is 1.04. The molecule has 1 aromatic carbocycles. The molecule has 0 aliphatic carbocycles. The molecule has 1 aromatic heterocycles. The Morgan fingerprint density at radius 1 is 1.29 bits per heavy atom. The van der Waals surface area contributed by atoms with Gasteiger partial charge in [-0.25, -0.2) is 0 Å². The van der Waals surface area contributed by atoms with E-state index in [9.17, 15) is 0 Å². The van der Waals surface area contributed by atoms with Gasteiger partial charge in [0, 0.05) is 11.4 Å². The molecule has 1 heterocycles. The molecule has 0 fully saturated rings. The van der Waals surface area contributed by atoms with Crippen LogP contribution in [0.15, 0.2) is 40.9 Å². The van der Waals surface area contributed by atoms with Crippen LogP contribution >= 0.6 is 38.9 Å². The monoisotopic (exact) mass is 331 g/mol. The van der Waals surface area contributed by atoms with Crippen LogP contribution in [-0.2, 0) is 0 Å². The SMILES string of the molecule is NCC(Oc1ccccc1Br)c1ccc(Cl)s1. The van der Waals surface area contributed by atoms with Gasteiger partial charge in [-0.3, -0.25) is 0 Å². The zero-order valence-electron chi connectivity index (χ0n) is 8.90. The fourth-order valence-corrected chi connectivity index (χ4v) is 2.90. The number of ether oxygens (including phenoxy) is 1. The van der Waals surface area contributed by atoms with Gasteiger partial charge in [0.25, 0.3) is 0 Å². The van der Waals surface area contributed by atoms with Crippen molar-refractivity contribution < 1.29 is 4.74 Å². The van der Waals surface area contributed by atoms with Gasteiger partial charge in [0.05, 0.1) is 8.81 Å². The minimum Gasteiger partial charge on any atom is -0.482 e. The molecule has 0 spiro atoms. The van der Waals surface area contributed by atoms with Crippen molar-refractivity contribution in [2.75, 3.05) is 6.54 Å². The van der Waals surface area contributed by atoms with Gasteiger partial charge < -0.3 is 10.5 Å². The van der Waals surface area contributed by atoms with Crippen LogP contribution in [0.1, 0.15) is 11.0 Å². The van der Waals surface area contributed by atoms with Gasteiger partial charge in [-0.2, -0.15) is 0 Å². The van der Waals surface area contributed by atoms with Crippen molar-refractivity contribution >= 4 is 38.9 Å². The number of hydrogen-bond donors (Lipinski definition) is 1. The molecule has 1 unspecified atom stereocenters. The molecule has 17 heavy (non-hydrogen) atoms. The van der Waals surface area contributed by atoms with E-state index in [2.05, 4.69) is 15.9 Å². The highest BCUT2D eigenvalue weighted by atomic mass is 79.9. The molecular formula is C12H11BrClNOS. The molecule has 0 radical (unpaired) electrons. The smallest absolute Gasteiger partial charge is 0.145 e. The summed E-state index contributed by atoms with van der Waals surface area (Å²) in [6, 6.07) is 11.5. The number of benzene rings is 1. The summed E-state index contributed by atoms with van der Waals surface area (Å²) in [5.41, 5.74) is 5.74. The third kappa shape index (κ3) is 3.22. The Balaban J connectivity index is 2.18. The van der Waals surface area contributed by atoms with Crippen LogP contribution in [0, 0.1) is 0 Å². The van der Waals surface area contributed by atoms with E-state index >= 15 is 0 Å². The average molecular weight is 333 g/mol. The minimum absolute atomic E-state index is 0.161. The van der Waals surface area contributed by atoms with E-state index in [1.807, 2.05) is 36.4 Å². The van der Waals surface area contributed by atoms with Crippen molar-refractivity contribution in [2.24, 2.45) is 5.73 Å². The molecule has 0 amide bonds.